The molecule has 0 fully saturated rings. The lowest BCUT2D eigenvalue weighted by Crippen LogP contribution is -2.47. The summed E-state index contributed by atoms with van der Waals surface area (Å²) in [5, 5.41) is 0. The molecule has 0 bridgehead atoms. The molecule has 0 spiro atoms. The van der Waals surface area contributed by atoms with Gasteiger partial charge in [-0.15, -0.1) is 0 Å². The lowest BCUT2D eigenvalue weighted by atomic mass is 10.3. The number of carbonyl (C=O) groups excluding carboxylic acids is 2. The van der Waals surface area contributed by atoms with Gasteiger partial charge in [-0.25, -0.2) is 17.5 Å². The lowest BCUT2D eigenvalue weighted by molar-refractivity contribution is -0.132. The predicted octanol–water partition coefficient (Wildman–Crippen LogP) is 0.880. The van der Waals surface area contributed by atoms with E-state index < -0.39 is 33.8 Å². The Hall–Kier alpha value is -3.38. The van der Waals surface area contributed by atoms with Crippen LogP contribution in [-0.4, -0.2) is 46.1 Å². The van der Waals surface area contributed by atoms with Crippen molar-refractivity contribution in [2.75, 3.05) is 19.8 Å². The zero-order valence-corrected chi connectivity index (χ0v) is 17.9. The molecule has 3 N–H and O–H groups in total. The fourth-order valence-electron chi connectivity index (χ4n) is 2.64. The Morgan fingerprint density at radius 1 is 1.06 bits per heavy atom. The van der Waals surface area contributed by atoms with Crippen molar-refractivity contribution in [2.24, 2.45) is 0 Å². The third kappa shape index (κ3) is 6.31. The lowest BCUT2D eigenvalue weighted by Gasteiger charge is -2.19. The van der Waals surface area contributed by atoms with Gasteiger partial charge in [-0.05, 0) is 43.3 Å². The third-order valence-electron chi connectivity index (χ3n) is 4.29. The maximum Gasteiger partial charge on any atom is 0.279 e. The standard InChI is InChI=1S/C20H22FN3O7S/c1-13(31-15-4-2-14(21)3-5-15)20(26)24-23-19(25)8-9-22-32(27,28)16-6-7-17-18(12-16)30-11-10-29-17/h2-7,12-13,22H,8-11H2,1H3,(H,23,25)(H,24,26). The number of carbonyl (C=O) groups is 2. The maximum atomic E-state index is 12.9. The Labute approximate surface area is 184 Å². The molecule has 0 aromatic heterocycles. The Kier molecular flexibility index (Phi) is 7.49. The Morgan fingerprint density at radius 3 is 2.47 bits per heavy atom. The molecule has 10 nitrogen and oxygen atoms in total. The van der Waals surface area contributed by atoms with Crippen molar-refractivity contribution >= 4 is 21.8 Å². The van der Waals surface area contributed by atoms with E-state index in [9.17, 15) is 22.4 Å². The van der Waals surface area contributed by atoms with Crippen molar-refractivity contribution < 1.29 is 36.6 Å². The summed E-state index contributed by atoms with van der Waals surface area (Å²) < 4.78 is 56.1. The fourth-order valence-corrected chi connectivity index (χ4v) is 3.69. The van der Waals surface area contributed by atoms with Crippen LogP contribution in [0.5, 0.6) is 17.2 Å². The zero-order valence-electron chi connectivity index (χ0n) is 17.1. The average Bonchev–Trinajstić information content (AvgIpc) is 2.78. The van der Waals surface area contributed by atoms with Gasteiger partial charge in [-0.1, -0.05) is 0 Å². The summed E-state index contributed by atoms with van der Waals surface area (Å²) >= 11 is 0. The highest BCUT2D eigenvalue weighted by Gasteiger charge is 2.20. The number of hydrazine groups is 1. The molecule has 0 aliphatic carbocycles. The molecule has 1 aliphatic rings. The van der Waals surface area contributed by atoms with E-state index in [1.54, 1.807) is 0 Å². The van der Waals surface area contributed by atoms with Crippen LogP contribution >= 0.6 is 0 Å². The molecule has 1 heterocycles. The first-order valence-electron chi connectivity index (χ1n) is 9.65. The number of nitrogens with one attached hydrogen (secondary N) is 3. The van der Waals surface area contributed by atoms with Crippen molar-refractivity contribution in [3.63, 3.8) is 0 Å². The van der Waals surface area contributed by atoms with Crippen LogP contribution in [0.25, 0.3) is 0 Å². The summed E-state index contributed by atoms with van der Waals surface area (Å²) in [6.07, 6.45) is -1.19. The van der Waals surface area contributed by atoms with Gasteiger partial charge in [0.1, 0.15) is 24.8 Å². The van der Waals surface area contributed by atoms with E-state index in [0.717, 1.165) is 0 Å². The normalized spacial score (nSPS) is 13.7. The number of rotatable bonds is 8. The second-order valence-corrected chi connectivity index (χ2v) is 8.47. The number of hydrogen-bond donors (Lipinski definition) is 3. The number of halogens is 1. The van der Waals surface area contributed by atoms with E-state index in [0.29, 0.717) is 24.7 Å². The Bertz CT molecular complexity index is 1080. The Morgan fingerprint density at radius 2 is 1.75 bits per heavy atom. The summed E-state index contributed by atoms with van der Waals surface area (Å²) in [7, 11) is -3.87. The van der Waals surface area contributed by atoms with Crippen LogP contribution in [0.3, 0.4) is 0 Å². The summed E-state index contributed by atoms with van der Waals surface area (Å²) in [5.41, 5.74) is 4.36. The number of fused-ring (bicyclic) bond motifs is 1. The van der Waals surface area contributed by atoms with Gasteiger partial charge in [0.2, 0.25) is 15.9 Å². The molecule has 2 aromatic carbocycles. The van der Waals surface area contributed by atoms with E-state index in [2.05, 4.69) is 15.6 Å². The minimum absolute atomic E-state index is 0.0257. The zero-order chi connectivity index (χ0) is 23.1. The summed E-state index contributed by atoms with van der Waals surface area (Å²) in [6.45, 7) is 1.97. The van der Waals surface area contributed by atoms with Crippen molar-refractivity contribution in [3.8, 4) is 17.2 Å². The van der Waals surface area contributed by atoms with Crippen LogP contribution in [0.15, 0.2) is 47.4 Å². The molecule has 1 aliphatic heterocycles. The molecule has 0 saturated carbocycles. The van der Waals surface area contributed by atoms with Crippen LogP contribution in [0.1, 0.15) is 13.3 Å². The number of benzene rings is 2. The highest BCUT2D eigenvalue weighted by Crippen LogP contribution is 2.32. The van der Waals surface area contributed by atoms with Gasteiger partial charge in [-0.2, -0.15) is 0 Å². The second-order valence-electron chi connectivity index (χ2n) is 6.70. The molecular formula is C20H22FN3O7S. The molecule has 1 atom stereocenters. The van der Waals surface area contributed by atoms with Gasteiger partial charge in [0, 0.05) is 19.0 Å². The summed E-state index contributed by atoms with van der Waals surface area (Å²) in [5.74, 6) is -0.614. The number of hydrogen-bond acceptors (Lipinski definition) is 7. The van der Waals surface area contributed by atoms with Crippen LogP contribution in [-0.2, 0) is 19.6 Å². The topological polar surface area (TPSA) is 132 Å². The molecular weight excluding hydrogens is 445 g/mol. The van der Waals surface area contributed by atoms with E-state index in [-0.39, 0.29) is 23.6 Å². The highest BCUT2D eigenvalue weighted by atomic mass is 32.2. The minimum atomic E-state index is -3.87. The molecule has 172 valence electrons. The maximum absolute atomic E-state index is 12.9. The molecule has 12 heteroatoms. The fraction of sp³-hybridized carbons (Fsp3) is 0.300. The monoisotopic (exact) mass is 467 g/mol. The Balaban J connectivity index is 1.41. The van der Waals surface area contributed by atoms with E-state index in [4.69, 9.17) is 14.2 Å². The van der Waals surface area contributed by atoms with Crippen LogP contribution in [0.2, 0.25) is 0 Å². The van der Waals surface area contributed by atoms with Gasteiger partial charge >= 0.3 is 0 Å². The molecule has 1 unspecified atom stereocenters. The summed E-state index contributed by atoms with van der Waals surface area (Å²) in [6, 6.07) is 9.33. The van der Waals surface area contributed by atoms with Crippen molar-refractivity contribution in [1.29, 1.82) is 0 Å². The quantitative estimate of drug-likeness (QED) is 0.491. The molecule has 0 saturated heterocycles. The van der Waals surface area contributed by atoms with Crippen molar-refractivity contribution in [3.05, 3.63) is 48.3 Å². The predicted molar refractivity (Wildman–Crippen MR) is 110 cm³/mol. The van der Waals surface area contributed by atoms with Gasteiger partial charge in [0.25, 0.3) is 5.91 Å². The molecule has 32 heavy (non-hydrogen) atoms. The largest absolute Gasteiger partial charge is 0.486 e. The van der Waals surface area contributed by atoms with E-state index >= 15 is 0 Å². The number of ether oxygens (including phenoxy) is 3. The van der Waals surface area contributed by atoms with Crippen LogP contribution < -0.4 is 29.8 Å². The van der Waals surface area contributed by atoms with Crippen molar-refractivity contribution in [1.82, 2.24) is 15.6 Å². The average molecular weight is 467 g/mol. The molecule has 0 radical (unpaired) electrons. The third-order valence-corrected chi connectivity index (χ3v) is 5.75. The van der Waals surface area contributed by atoms with E-state index in [1.807, 2.05) is 0 Å². The SMILES string of the molecule is CC(Oc1ccc(F)cc1)C(=O)NNC(=O)CCNS(=O)(=O)c1ccc2c(c1)OCCO2. The molecule has 3 rings (SSSR count). The summed E-state index contributed by atoms with van der Waals surface area (Å²) in [4.78, 5) is 23.9. The molecule has 2 aromatic rings. The highest BCUT2D eigenvalue weighted by molar-refractivity contribution is 7.89. The van der Waals surface area contributed by atoms with Gasteiger partial charge in [-0.3, -0.25) is 20.4 Å². The smallest absolute Gasteiger partial charge is 0.279 e. The number of sulfonamides is 1. The van der Waals surface area contributed by atoms with E-state index in [1.165, 1.54) is 49.4 Å². The van der Waals surface area contributed by atoms with Gasteiger partial charge < -0.3 is 14.2 Å². The molecule has 2 amide bonds. The first-order chi connectivity index (χ1) is 15.2. The second kappa shape index (κ2) is 10.3. The minimum Gasteiger partial charge on any atom is -0.486 e. The van der Waals surface area contributed by atoms with Gasteiger partial charge in [0.15, 0.2) is 17.6 Å². The van der Waals surface area contributed by atoms with Crippen LogP contribution in [0, 0.1) is 5.82 Å². The first-order valence-corrected chi connectivity index (χ1v) is 11.1. The van der Waals surface area contributed by atoms with Crippen molar-refractivity contribution in [2.45, 2.75) is 24.3 Å². The first kappa shape index (κ1) is 23.3. The van der Waals surface area contributed by atoms with Crippen LogP contribution in [0.4, 0.5) is 4.39 Å². The number of amides is 2. The van der Waals surface area contributed by atoms with Gasteiger partial charge in [0.05, 0.1) is 4.90 Å².